The number of ether oxygens (including phenoxy) is 1. The molecule has 3 heterocycles. The van der Waals surface area contributed by atoms with E-state index in [0.29, 0.717) is 60.6 Å². The number of nitrogens with zero attached hydrogens (tertiary/aromatic N) is 4. The molecule has 2 aromatic carbocycles. The van der Waals surface area contributed by atoms with E-state index in [-0.39, 0.29) is 18.4 Å². The molecule has 10 nitrogen and oxygen atoms in total. The summed E-state index contributed by atoms with van der Waals surface area (Å²) in [6, 6.07) is 11.8. The average molecular weight is 551 g/mol. The van der Waals surface area contributed by atoms with Crippen molar-refractivity contribution in [3.05, 3.63) is 75.9 Å². The molecule has 1 fully saturated rings. The quantitative estimate of drug-likeness (QED) is 0.391. The van der Waals surface area contributed by atoms with Gasteiger partial charge in [-0.25, -0.2) is 15.0 Å². The maximum atomic E-state index is 13.4. The fourth-order valence-corrected chi connectivity index (χ4v) is 4.98. The van der Waals surface area contributed by atoms with E-state index in [1.807, 2.05) is 48.3 Å². The minimum absolute atomic E-state index is 0.248. The second-order valence-electron chi connectivity index (χ2n) is 9.74. The number of carbonyl (C=O) groups excluding carboxylic acids is 2. The molecule has 39 heavy (non-hydrogen) atoms. The van der Waals surface area contributed by atoms with Crippen LogP contribution in [0.4, 0.5) is 5.95 Å². The predicted molar refractivity (Wildman–Crippen MR) is 147 cm³/mol. The van der Waals surface area contributed by atoms with Crippen molar-refractivity contribution < 1.29 is 19.4 Å². The highest BCUT2D eigenvalue weighted by atomic mass is 35.5. The van der Waals surface area contributed by atoms with Gasteiger partial charge < -0.3 is 20.1 Å². The standard InChI is InChI=1S/C28H31ClN6O4/c1-17-4-3-5-19(12-17)24(16-36)31-26(37)18(2)35-15-21-7-6-20(13-22(21)27(35)38)25-23(29)14-30-28(32-25)33-34-8-10-39-11-9-34/h3-7,12-14,18,24,36H,8-11,15-16H2,1-2H3,(H,31,37)(H,30,32,33). The number of fused-ring (bicyclic) bond motifs is 1. The highest BCUT2D eigenvalue weighted by Crippen LogP contribution is 2.32. The van der Waals surface area contributed by atoms with Gasteiger partial charge >= 0.3 is 0 Å². The molecule has 0 radical (unpaired) electrons. The number of anilines is 1. The Bertz CT molecular complexity index is 1380. The molecule has 3 N–H and O–H groups in total. The lowest BCUT2D eigenvalue weighted by atomic mass is 10.0. The first-order chi connectivity index (χ1) is 18.8. The molecular formula is C28H31ClN6O4. The van der Waals surface area contributed by atoms with Gasteiger partial charge in [0.2, 0.25) is 11.9 Å². The average Bonchev–Trinajstić information content (AvgIpc) is 3.28. The van der Waals surface area contributed by atoms with Crippen LogP contribution in [-0.2, 0) is 16.1 Å². The van der Waals surface area contributed by atoms with E-state index in [1.165, 1.54) is 11.1 Å². The molecule has 2 unspecified atom stereocenters. The Balaban J connectivity index is 1.31. The SMILES string of the molecule is Cc1cccc(C(CO)NC(=O)C(C)N2Cc3ccc(-c4nc(NN5CCOCC5)ncc4Cl)cc3C2=O)c1. The van der Waals surface area contributed by atoms with Gasteiger partial charge in [-0.15, -0.1) is 0 Å². The van der Waals surface area contributed by atoms with Crippen LogP contribution in [0, 0.1) is 6.92 Å². The third-order valence-corrected chi connectivity index (χ3v) is 7.30. The maximum Gasteiger partial charge on any atom is 0.255 e. The Hall–Kier alpha value is -3.57. The summed E-state index contributed by atoms with van der Waals surface area (Å²) in [5.41, 5.74) is 7.53. The summed E-state index contributed by atoms with van der Waals surface area (Å²) in [6.45, 7) is 6.36. The minimum Gasteiger partial charge on any atom is -0.394 e. The van der Waals surface area contributed by atoms with E-state index >= 15 is 0 Å². The van der Waals surface area contributed by atoms with Gasteiger partial charge in [-0.2, -0.15) is 0 Å². The van der Waals surface area contributed by atoms with E-state index in [4.69, 9.17) is 16.3 Å². The second-order valence-corrected chi connectivity index (χ2v) is 10.1. The monoisotopic (exact) mass is 550 g/mol. The zero-order valence-corrected chi connectivity index (χ0v) is 22.6. The first kappa shape index (κ1) is 27.0. The van der Waals surface area contributed by atoms with Crippen LogP contribution in [0.3, 0.4) is 0 Å². The Morgan fingerprint density at radius 2 is 2.00 bits per heavy atom. The van der Waals surface area contributed by atoms with E-state index in [9.17, 15) is 14.7 Å². The van der Waals surface area contributed by atoms with Crippen LogP contribution in [-0.4, -0.2) is 75.7 Å². The number of aliphatic hydroxyl groups is 1. The summed E-state index contributed by atoms with van der Waals surface area (Å²) < 4.78 is 5.38. The fourth-order valence-electron chi connectivity index (χ4n) is 4.78. The van der Waals surface area contributed by atoms with E-state index in [0.717, 1.165) is 16.7 Å². The number of carbonyl (C=O) groups is 2. The number of hydrogen-bond donors (Lipinski definition) is 3. The normalized spacial score (nSPS) is 17.0. The molecule has 0 bridgehead atoms. The molecule has 204 valence electrons. The van der Waals surface area contributed by atoms with Gasteiger partial charge in [0.15, 0.2) is 0 Å². The topological polar surface area (TPSA) is 120 Å². The molecule has 1 saturated heterocycles. The molecule has 0 saturated carbocycles. The Kier molecular flexibility index (Phi) is 8.08. The van der Waals surface area contributed by atoms with Gasteiger partial charge in [-0.1, -0.05) is 53.6 Å². The Morgan fingerprint density at radius 1 is 1.21 bits per heavy atom. The molecule has 3 aromatic rings. The lowest BCUT2D eigenvalue weighted by molar-refractivity contribution is -0.126. The van der Waals surface area contributed by atoms with E-state index in [2.05, 4.69) is 20.7 Å². The minimum atomic E-state index is -0.737. The van der Waals surface area contributed by atoms with Crippen molar-refractivity contribution in [2.24, 2.45) is 0 Å². The van der Waals surface area contributed by atoms with Crippen molar-refractivity contribution in [2.45, 2.75) is 32.5 Å². The van der Waals surface area contributed by atoms with Crippen LogP contribution in [0.2, 0.25) is 5.02 Å². The van der Waals surface area contributed by atoms with Crippen molar-refractivity contribution >= 4 is 29.4 Å². The van der Waals surface area contributed by atoms with Gasteiger partial charge in [0.1, 0.15) is 6.04 Å². The molecule has 0 spiro atoms. The Labute approximate surface area is 231 Å². The van der Waals surface area contributed by atoms with E-state index in [1.54, 1.807) is 13.0 Å². The molecule has 2 atom stereocenters. The molecular weight excluding hydrogens is 520 g/mol. The number of morpholine rings is 1. The summed E-state index contributed by atoms with van der Waals surface area (Å²) in [7, 11) is 0. The third-order valence-electron chi connectivity index (χ3n) is 7.02. The van der Waals surface area contributed by atoms with Gasteiger partial charge in [0.05, 0.1) is 42.8 Å². The van der Waals surface area contributed by atoms with Crippen molar-refractivity contribution in [1.82, 2.24) is 25.2 Å². The van der Waals surface area contributed by atoms with Crippen molar-refractivity contribution in [1.29, 1.82) is 0 Å². The van der Waals surface area contributed by atoms with Crippen LogP contribution in [0.1, 0.15) is 40.0 Å². The lowest BCUT2D eigenvalue weighted by Crippen LogP contribution is -2.46. The van der Waals surface area contributed by atoms with Crippen molar-refractivity contribution in [3.63, 3.8) is 0 Å². The summed E-state index contributed by atoms with van der Waals surface area (Å²) >= 11 is 6.45. The summed E-state index contributed by atoms with van der Waals surface area (Å²) in [5.74, 6) is -0.181. The maximum absolute atomic E-state index is 13.4. The van der Waals surface area contributed by atoms with Gasteiger partial charge in [0, 0.05) is 30.8 Å². The number of rotatable bonds is 8. The fraction of sp³-hybridized carbons (Fsp3) is 0.357. The van der Waals surface area contributed by atoms with Crippen LogP contribution in [0.5, 0.6) is 0 Å². The van der Waals surface area contributed by atoms with Crippen LogP contribution >= 0.6 is 11.6 Å². The predicted octanol–water partition coefficient (Wildman–Crippen LogP) is 2.96. The van der Waals surface area contributed by atoms with Gasteiger partial charge in [-0.3, -0.25) is 15.0 Å². The zero-order chi connectivity index (χ0) is 27.5. The van der Waals surface area contributed by atoms with Crippen LogP contribution in [0.25, 0.3) is 11.3 Å². The highest BCUT2D eigenvalue weighted by molar-refractivity contribution is 6.33. The van der Waals surface area contributed by atoms with Crippen LogP contribution < -0.4 is 10.7 Å². The van der Waals surface area contributed by atoms with Crippen molar-refractivity contribution in [3.8, 4) is 11.3 Å². The number of hydrazine groups is 1. The third kappa shape index (κ3) is 5.89. The summed E-state index contributed by atoms with van der Waals surface area (Å²) in [5, 5.41) is 15.1. The van der Waals surface area contributed by atoms with Gasteiger partial charge in [-0.05, 0) is 31.0 Å². The molecule has 1 aromatic heterocycles. The first-order valence-corrected chi connectivity index (χ1v) is 13.3. The number of aryl methyl sites for hydroxylation is 1. The molecule has 2 amide bonds. The number of aliphatic hydroxyl groups excluding tert-OH is 1. The molecule has 11 heteroatoms. The number of benzene rings is 2. The van der Waals surface area contributed by atoms with Crippen LogP contribution in [0.15, 0.2) is 48.7 Å². The van der Waals surface area contributed by atoms with E-state index < -0.39 is 12.1 Å². The number of halogens is 1. The molecule has 2 aliphatic heterocycles. The molecule has 5 rings (SSSR count). The summed E-state index contributed by atoms with van der Waals surface area (Å²) in [4.78, 5) is 36.9. The largest absolute Gasteiger partial charge is 0.394 e. The van der Waals surface area contributed by atoms with Crippen molar-refractivity contribution in [2.75, 3.05) is 38.3 Å². The lowest BCUT2D eigenvalue weighted by Gasteiger charge is -2.27. The zero-order valence-electron chi connectivity index (χ0n) is 21.9. The highest BCUT2D eigenvalue weighted by Gasteiger charge is 2.35. The summed E-state index contributed by atoms with van der Waals surface area (Å²) in [6.07, 6.45) is 1.53. The number of amides is 2. The second kappa shape index (κ2) is 11.7. The first-order valence-electron chi connectivity index (χ1n) is 12.9. The molecule has 0 aliphatic carbocycles. The number of hydrogen-bond acceptors (Lipinski definition) is 8. The Morgan fingerprint density at radius 3 is 2.74 bits per heavy atom. The number of aromatic nitrogens is 2. The number of nitrogens with one attached hydrogen (secondary N) is 2. The van der Waals surface area contributed by atoms with Gasteiger partial charge in [0.25, 0.3) is 5.91 Å². The molecule has 2 aliphatic rings. The smallest absolute Gasteiger partial charge is 0.255 e.